The fraction of sp³-hybridized carbons (Fsp3) is 0.562. The molecule has 1 aliphatic rings. The molecule has 0 spiro atoms. The summed E-state index contributed by atoms with van der Waals surface area (Å²) in [6.07, 6.45) is 5.68. The fourth-order valence-corrected chi connectivity index (χ4v) is 3.53. The van der Waals surface area contributed by atoms with Crippen molar-refractivity contribution in [1.29, 1.82) is 0 Å². The minimum atomic E-state index is 0.0778. The molecule has 22 heavy (non-hydrogen) atoms. The molecule has 2 heterocycles. The molecular weight excluding hydrogens is 298 g/mol. The third-order valence-corrected chi connectivity index (χ3v) is 4.95. The van der Waals surface area contributed by atoms with Crippen molar-refractivity contribution in [3.8, 4) is 11.4 Å². The van der Waals surface area contributed by atoms with Crippen LogP contribution < -0.4 is 5.32 Å². The first-order valence-corrected chi connectivity index (χ1v) is 8.81. The third kappa shape index (κ3) is 3.74. The second-order valence-corrected chi connectivity index (χ2v) is 6.74. The van der Waals surface area contributed by atoms with Crippen LogP contribution in [0, 0.1) is 5.92 Å². The highest BCUT2D eigenvalue weighted by molar-refractivity contribution is 7.08. The topological polar surface area (TPSA) is 68.0 Å². The molecule has 0 bridgehead atoms. The van der Waals surface area contributed by atoms with Gasteiger partial charge in [0.2, 0.25) is 17.6 Å². The Hall–Kier alpha value is -1.69. The maximum atomic E-state index is 12.1. The summed E-state index contributed by atoms with van der Waals surface area (Å²) in [6.45, 7) is 2.22. The van der Waals surface area contributed by atoms with Crippen LogP contribution in [0.15, 0.2) is 21.3 Å². The van der Waals surface area contributed by atoms with Crippen molar-refractivity contribution in [2.75, 3.05) is 0 Å². The number of carbonyl (C=O) groups excluding carboxylic acids is 1. The molecule has 1 amide bonds. The van der Waals surface area contributed by atoms with E-state index in [0.29, 0.717) is 36.5 Å². The smallest absolute Gasteiger partial charge is 0.227 e. The Morgan fingerprint density at radius 2 is 2.32 bits per heavy atom. The summed E-state index contributed by atoms with van der Waals surface area (Å²) in [7, 11) is 0. The van der Waals surface area contributed by atoms with Crippen molar-refractivity contribution in [2.45, 2.75) is 51.5 Å². The molecule has 3 rings (SSSR count). The second kappa shape index (κ2) is 7.05. The van der Waals surface area contributed by atoms with Gasteiger partial charge in [0, 0.05) is 29.8 Å². The molecule has 2 atom stereocenters. The van der Waals surface area contributed by atoms with Crippen LogP contribution in [0.1, 0.15) is 44.9 Å². The lowest BCUT2D eigenvalue weighted by molar-refractivity contribution is -0.122. The molecule has 6 heteroatoms. The van der Waals surface area contributed by atoms with Crippen molar-refractivity contribution in [3.05, 3.63) is 22.7 Å². The van der Waals surface area contributed by atoms with Crippen molar-refractivity contribution in [3.63, 3.8) is 0 Å². The standard InChI is InChI=1S/C16H21N3O2S/c1-11-4-2-3-5-13(11)17-14(20)6-7-15-18-16(19-21-15)12-8-9-22-10-12/h8-11,13H,2-7H2,1H3,(H,17,20). The summed E-state index contributed by atoms with van der Waals surface area (Å²) in [4.78, 5) is 16.4. The summed E-state index contributed by atoms with van der Waals surface area (Å²) < 4.78 is 5.21. The zero-order chi connectivity index (χ0) is 15.4. The van der Waals surface area contributed by atoms with Gasteiger partial charge in [0.25, 0.3) is 0 Å². The van der Waals surface area contributed by atoms with Crippen LogP contribution >= 0.6 is 11.3 Å². The number of nitrogens with one attached hydrogen (secondary N) is 1. The molecular formula is C16H21N3O2S. The van der Waals surface area contributed by atoms with Gasteiger partial charge in [-0.25, -0.2) is 0 Å². The van der Waals surface area contributed by atoms with Gasteiger partial charge in [-0.2, -0.15) is 16.3 Å². The van der Waals surface area contributed by atoms with Crippen LogP contribution in [0.2, 0.25) is 0 Å². The molecule has 1 N–H and O–H groups in total. The zero-order valence-corrected chi connectivity index (χ0v) is 13.6. The number of aromatic nitrogens is 2. The van der Waals surface area contributed by atoms with Crippen molar-refractivity contribution in [2.24, 2.45) is 5.92 Å². The first-order chi connectivity index (χ1) is 10.7. The molecule has 1 saturated carbocycles. The first kappa shape index (κ1) is 15.2. The van der Waals surface area contributed by atoms with Crippen LogP contribution in [0.4, 0.5) is 0 Å². The van der Waals surface area contributed by atoms with Crippen LogP contribution in [-0.4, -0.2) is 22.1 Å². The largest absolute Gasteiger partial charge is 0.353 e. The molecule has 0 radical (unpaired) electrons. The zero-order valence-electron chi connectivity index (χ0n) is 12.7. The summed E-state index contributed by atoms with van der Waals surface area (Å²) in [5.41, 5.74) is 0.959. The summed E-state index contributed by atoms with van der Waals surface area (Å²) in [5.74, 6) is 1.77. The Balaban J connectivity index is 1.49. The van der Waals surface area contributed by atoms with Crippen molar-refractivity contribution >= 4 is 17.2 Å². The Morgan fingerprint density at radius 3 is 3.09 bits per heavy atom. The molecule has 0 saturated heterocycles. The number of amides is 1. The van der Waals surface area contributed by atoms with E-state index in [1.165, 1.54) is 19.3 Å². The predicted molar refractivity (Wildman–Crippen MR) is 85.5 cm³/mol. The lowest BCUT2D eigenvalue weighted by atomic mass is 9.86. The van der Waals surface area contributed by atoms with Gasteiger partial charge in [0.1, 0.15) is 0 Å². The second-order valence-electron chi connectivity index (χ2n) is 5.96. The van der Waals surface area contributed by atoms with E-state index in [-0.39, 0.29) is 5.91 Å². The third-order valence-electron chi connectivity index (χ3n) is 4.27. The first-order valence-electron chi connectivity index (χ1n) is 7.87. The van der Waals surface area contributed by atoms with E-state index in [1.807, 2.05) is 16.8 Å². The van der Waals surface area contributed by atoms with Crippen LogP contribution in [-0.2, 0) is 11.2 Å². The van der Waals surface area contributed by atoms with Gasteiger partial charge in [-0.15, -0.1) is 0 Å². The minimum absolute atomic E-state index is 0.0778. The van der Waals surface area contributed by atoms with Gasteiger partial charge in [-0.05, 0) is 30.2 Å². The molecule has 118 valence electrons. The number of rotatable bonds is 5. The quantitative estimate of drug-likeness (QED) is 0.917. The Kier molecular flexibility index (Phi) is 4.87. The number of aryl methyl sites for hydroxylation is 1. The number of thiophene rings is 1. The van der Waals surface area contributed by atoms with E-state index in [1.54, 1.807) is 11.3 Å². The summed E-state index contributed by atoms with van der Waals surface area (Å²) in [6, 6.07) is 2.28. The van der Waals surface area contributed by atoms with Gasteiger partial charge in [-0.3, -0.25) is 4.79 Å². The van der Waals surface area contributed by atoms with Gasteiger partial charge >= 0.3 is 0 Å². The highest BCUT2D eigenvalue weighted by Crippen LogP contribution is 2.24. The molecule has 2 unspecified atom stereocenters. The van der Waals surface area contributed by atoms with Crippen molar-refractivity contribution < 1.29 is 9.32 Å². The molecule has 1 fully saturated rings. The Morgan fingerprint density at radius 1 is 1.45 bits per heavy atom. The van der Waals surface area contributed by atoms with E-state index in [0.717, 1.165) is 12.0 Å². The number of carbonyl (C=O) groups is 1. The SMILES string of the molecule is CC1CCCCC1NC(=O)CCc1nc(-c2ccsc2)no1. The minimum Gasteiger partial charge on any atom is -0.353 e. The lowest BCUT2D eigenvalue weighted by Crippen LogP contribution is -2.41. The van der Waals surface area contributed by atoms with Gasteiger partial charge in [0.15, 0.2) is 0 Å². The van der Waals surface area contributed by atoms with Crippen LogP contribution in [0.3, 0.4) is 0 Å². The number of hydrogen-bond donors (Lipinski definition) is 1. The van der Waals surface area contributed by atoms with Gasteiger partial charge < -0.3 is 9.84 Å². The molecule has 0 aromatic carbocycles. The van der Waals surface area contributed by atoms with E-state index < -0.39 is 0 Å². The van der Waals surface area contributed by atoms with Crippen LogP contribution in [0.5, 0.6) is 0 Å². The van der Waals surface area contributed by atoms with E-state index in [9.17, 15) is 4.79 Å². The van der Waals surface area contributed by atoms with Gasteiger partial charge in [0.05, 0.1) is 0 Å². The van der Waals surface area contributed by atoms with E-state index >= 15 is 0 Å². The lowest BCUT2D eigenvalue weighted by Gasteiger charge is -2.29. The predicted octanol–water partition coefficient (Wildman–Crippen LogP) is 3.43. The summed E-state index contributed by atoms with van der Waals surface area (Å²) in [5, 5.41) is 11.1. The highest BCUT2D eigenvalue weighted by atomic mass is 32.1. The number of nitrogens with zero attached hydrogens (tertiary/aromatic N) is 2. The molecule has 2 aromatic rings. The van der Waals surface area contributed by atoms with E-state index in [4.69, 9.17) is 4.52 Å². The monoisotopic (exact) mass is 319 g/mol. The highest BCUT2D eigenvalue weighted by Gasteiger charge is 2.22. The average Bonchev–Trinajstić information content (AvgIpc) is 3.18. The summed E-state index contributed by atoms with van der Waals surface area (Å²) >= 11 is 1.60. The average molecular weight is 319 g/mol. The molecule has 1 aliphatic carbocycles. The maximum Gasteiger partial charge on any atom is 0.227 e. The van der Waals surface area contributed by atoms with Crippen LogP contribution in [0.25, 0.3) is 11.4 Å². The number of hydrogen-bond acceptors (Lipinski definition) is 5. The fourth-order valence-electron chi connectivity index (χ4n) is 2.90. The Labute approximate surface area is 134 Å². The maximum absolute atomic E-state index is 12.1. The van der Waals surface area contributed by atoms with Crippen molar-refractivity contribution in [1.82, 2.24) is 15.5 Å². The Bertz CT molecular complexity index is 609. The van der Waals surface area contributed by atoms with Gasteiger partial charge in [-0.1, -0.05) is 24.9 Å². The van der Waals surface area contributed by atoms with E-state index in [2.05, 4.69) is 22.4 Å². The molecule has 2 aromatic heterocycles. The normalized spacial score (nSPS) is 21.7. The molecule has 5 nitrogen and oxygen atoms in total. The molecule has 0 aliphatic heterocycles.